The zero-order chi connectivity index (χ0) is 28.6. The summed E-state index contributed by atoms with van der Waals surface area (Å²) in [6.45, 7) is 0.624. The van der Waals surface area contributed by atoms with Gasteiger partial charge in [-0.2, -0.15) is 0 Å². The lowest BCUT2D eigenvalue weighted by molar-refractivity contribution is -0.131. The topological polar surface area (TPSA) is 105 Å². The lowest BCUT2D eigenvalue weighted by atomic mass is 9.44. The van der Waals surface area contributed by atoms with Gasteiger partial charge in [0.25, 0.3) is 5.91 Å². The van der Waals surface area contributed by atoms with Gasteiger partial charge in [-0.25, -0.2) is 14.2 Å². The number of aliphatic carboxylic acids is 1. The predicted molar refractivity (Wildman–Crippen MR) is 155 cm³/mol. The van der Waals surface area contributed by atoms with Crippen LogP contribution in [0.4, 0.5) is 4.39 Å². The molecule has 4 aliphatic rings. The maximum absolute atomic E-state index is 14.3. The Labute approximate surface area is 241 Å². The third-order valence-corrected chi connectivity index (χ3v) is 10.5. The second-order valence-corrected chi connectivity index (χ2v) is 12.8. The number of carbonyl (C=O) groups is 2. The van der Waals surface area contributed by atoms with Crippen molar-refractivity contribution >= 4 is 25.8 Å². The van der Waals surface area contributed by atoms with Crippen molar-refractivity contribution in [3.8, 4) is 0 Å². The molecule has 7 nitrogen and oxygen atoms in total. The highest BCUT2D eigenvalue weighted by Gasteiger charge is 2.84. The normalized spacial score (nSPS) is 29.5. The smallest absolute Gasteiger partial charge is 0.328 e. The Morgan fingerprint density at radius 3 is 2.78 bits per heavy atom. The zero-order valence-electron chi connectivity index (χ0n) is 23.9. The lowest BCUT2D eigenvalue weighted by Crippen LogP contribution is -2.61. The molecule has 3 saturated carbocycles. The van der Waals surface area contributed by atoms with Crippen LogP contribution in [0.5, 0.6) is 0 Å². The van der Waals surface area contributed by atoms with E-state index < -0.39 is 11.4 Å². The number of hydrogen-bond donors (Lipinski definition) is 2. The van der Waals surface area contributed by atoms with E-state index in [1.807, 2.05) is 0 Å². The third kappa shape index (κ3) is 5.15. The summed E-state index contributed by atoms with van der Waals surface area (Å²) in [5.74, 6) is 0.0975. The molecule has 6 rings (SSSR count). The molecule has 4 fully saturated rings. The van der Waals surface area contributed by atoms with Crippen LogP contribution >= 0.6 is 0 Å². The van der Waals surface area contributed by atoms with Crippen molar-refractivity contribution in [2.24, 2.45) is 11.8 Å². The fraction of sp³-hybridized carbons (Fsp3) is 0.594. The average Bonchev–Trinajstić information content (AvgIpc) is 3.41. The van der Waals surface area contributed by atoms with Gasteiger partial charge in [0.05, 0.1) is 11.5 Å². The van der Waals surface area contributed by atoms with Crippen LogP contribution in [0.2, 0.25) is 5.82 Å². The van der Waals surface area contributed by atoms with Crippen molar-refractivity contribution in [1.82, 2.24) is 10.3 Å². The van der Waals surface area contributed by atoms with Crippen molar-refractivity contribution in [2.75, 3.05) is 6.54 Å². The molecule has 9 heteroatoms. The first-order valence-corrected chi connectivity index (χ1v) is 15.4. The number of nitrogens with one attached hydrogen (secondary N) is 1. The Morgan fingerprint density at radius 1 is 1.20 bits per heavy atom. The van der Waals surface area contributed by atoms with Crippen LogP contribution in [-0.2, 0) is 21.4 Å². The molecule has 5 atom stereocenters. The number of aromatic nitrogens is 1. The van der Waals surface area contributed by atoms with Gasteiger partial charge < -0.3 is 19.6 Å². The quantitative estimate of drug-likeness (QED) is 0.159. The Balaban J connectivity index is 1.16. The molecule has 3 aliphatic carbocycles. The van der Waals surface area contributed by atoms with Gasteiger partial charge in [-0.05, 0) is 79.1 Å². The number of nitrogens with zero attached hydrogens (tertiary/aromatic N) is 1. The number of ether oxygens (including phenoxy) is 1. The monoisotopic (exact) mass is 562 g/mol. The van der Waals surface area contributed by atoms with E-state index in [9.17, 15) is 14.0 Å². The van der Waals surface area contributed by atoms with Crippen molar-refractivity contribution in [1.29, 1.82) is 0 Å². The van der Waals surface area contributed by atoms with E-state index in [1.54, 1.807) is 6.07 Å². The Morgan fingerprint density at radius 2 is 2.02 bits per heavy atom. The highest BCUT2D eigenvalue weighted by molar-refractivity contribution is 6.13. The summed E-state index contributed by atoms with van der Waals surface area (Å²) >= 11 is 0. The van der Waals surface area contributed by atoms with Gasteiger partial charge in [0.1, 0.15) is 25.5 Å². The number of carbonyl (C=O) groups excluding carboxylic acids is 1. The summed E-state index contributed by atoms with van der Waals surface area (Å²) in [4.78, 5) is 28.9. The van der Waals surface area contributed by atoms with E-state index in [0.717, 1.165) is 49.7 Å². The molecule has 218 valence electrons. The van der Waals surface area contributed by atoms with Crippen molar-refractivity contribution in [3.05, 3.63) is 59.1 Å². The van der Waals surface area contributed by atoms with Gasteiger partial charge in [0, 0.05) is 12.6 Å². The summed E-state index contributed by atoms with van der Waals surface area (Å²) in [7, 11) is 2.11. The molecule has 2 N–H and O–H groups in total. The molecule has 2 heterocycles. The lowest BCUT2D eigenvalue weighted by Gasteiger charge is -2.54. The van der Waals surface area contributed by atoms with Gasteiger partial charge in [-0.3, -0.25) is 4.79 Å². The summed E-state index contributed by atoms with van der Waals surface area (Å²) in [5.41, 5.74) is 0.790. The van der Waals surface area contributed by atoms with Crippen LogP contribution in [0, 0.1) is 17.7 Å². The van der Waals surface area contributed by atoms with Crippen molar-refractivity contribution < 1.29 is 28.2 Å². The Hall–Kier alpha value is -2.94. The second-order valence-electron chi connectivity index (χ2n) is 12.8. The molecule has 1 saturated heterocycles. The van der Waals surface area contributed by atoms with Crippen molar-refractivity contribution in [2.45, 2.75) is 100.0 Å². The van der Waals surface area contributed by atoms with Gasteiger partial charge >= 0.3 is 5.97 Å². The molecule has 1 amide bonds. The number of halogens is 1. The van der Waals surface area contributed by atoms with Crippen LogP contribution in [0.1, 0.15) is 98.1 Å². The fourth-order valence-corrected chi connectivity index (χ4v) is 8.37. The summed E-state index contributed by atoms with van der Waals surface area (Å²) < 4.78 is 26.7. The van der Waals surface area contributed by atoms with Gasteiger partial charge in [-0.1, -0.05) is 51.0 Å². The fourth-order valence-electron chi connectivity index (χ4n) is 8.37. The summed E-state index contributed by atoms with van der Waals surface area (Å²) in [5, 5.41) is 12.1. The Bertz CT molecular complexity index is 1320. The summed E-state index contributed by atoms with van der Waals surface area (Å²) in [6.07, 6.45) is 17.7. The first-order valence-electron chi connectivity index (χ1n) is 15.4. The maximum atomic E-state index is 14.3. The standard InChI is InChI=1S/C32H40BFN2O5/c33-26(17-22-16-24(34)12-9-21(22)10-14-28(37)38)31(18-23-11-13-27-32(23,31)41-27)30-36-25(19-40-30)29(39)35-15-5-4-8-20-6-2-1-3-7-20/h9-10,12,14,16,19-20,23,26-27H,1-8,11,13,15,17-18,33H2,(H,35,39)(H,37,38)/b14-10+. The van der Waals surface area contributed by atoms with Crippen LogP contribution in [0.25, 0.3) is 6.08 Å². The summed E-state index contributed by atoms with van der Waals surface area (Å²) in [6, 6.07) is 4.43. The number of carboxylic acids is 1. The number of unbranched alkanes of at least 4 members (excludes halogenated alkanes) is 1. The molecule has 2 aromatic rings. The average molecular weight is 562 g/mol. The molecular weight excluding hydrogens is 522 g/mol. The molecule has 41 heavy (non-hydrogen) atoms. The number of epoxide rings is 1. The minimum absolute atomic E-state index is 0.0463. The number of amides is 1. The van der Waals surface area contributed by atoms with Crippen LogP contribution in [0.15, 0.2) is 35.0 Å². The largest absolute Gasteiger partial charge is 0.478 e. The van der Waals surface area contributed by atoms with E-state index in [0.29, 0.717) is 30.3 Å². The molecule has 1 spiro atoms. The SMILES string of the molecule is BC(Cc1cc(F)ccc1/C=C/C(=O)O)C1(c2nc(C(=O)NCCCCC3CCCCC3)co2)CC2CCC3OC231. The number of carboxylic acid groups (broad SMARTS) is 1. The molecule has 1 aromatic carbocycles. The maximum Gasteiger partial charge on any atom is 0.328 e. The van der Waals surface area contributed by atoms with Crippen LogP contribution in [-0.4, -0.2) is 48.1 Å². The number of benzene rings is 1. The van der Waals surface area contributed by atoms with E-state index in [1.165, 1.54) is 63.0 Å². The number of oxazole rings is 1. The molecule has 5 unspecified atom stereocenters. The molecule has 1 aromatic heterocycles. The molecule has 1 aliphatic heterocycles. The molecule has 0 radical (unpaired) electrons. The van der Waals surface area contributed by atoms with Crippen LogP contribution < -0.4 is 5.32 Å². The van der Waals surface area contributed by atoms with E-state index in [-0.39, 0.29) is 34.9 Å². The van der Waals surface area contributed by atoms with Crippen LogP contribution in [0.3, 0.4) is 0 Å². The second kappa shape index (κ2) is 11.4. The molecule has 0 bridgehead atoms. The van der Waals surface area contributed by atoms with E-state index >= 15 is 0 Å². The van der Waals surface area contributed by atoms with Gasteiger partial charge in [0.15, 0.2) is 5.69 Å². The van der Waals surface area contributed by atoms with E-state index in [4.69, 9.17) is 19.2 Å². The van der Waals surface area contributed by atoms with Gasteiger partial charge in [0.2, 0.25) is 5.89 Å². The first kappa shape index (κ1) is 28.2. The third-order valence-electron chi connectivity index (χ3n) is 10.5. The van der Waals surface area contributed by atoms with Gasteiger partial charge in [-0.15, -0.1) is 0 Å². The number of hydrogen-bond acceptors (Lipinski definition) is 5. The minimum atomic E-state index is -1.06. The molecular formula is C32H40BFN2O5. The van der Waals surface area contributed by atoms with E-state index in [2.05, 4.69) is 13.2 Å². The minimum Gasteiger partial charge on any atom is -0.478 e. The predicted octanol–water partition coefficient (Wildman–Crippen LogP) is 5.25. The number of rotatable bonds is 12. The Kier molecular flexibility index (Phi) is 7.83. The van der Waals surface area contributed by atoms with Crippen molar-refractivity contribution in [3.63, 3.8) is 0 Å². The zero-order valence-corrected chi connectivity index (χ0v) is 23.9. The highest BCUT2D eigenvalue weighted by atomic mass is 19.1. The first-order chi connectivity index (χ1) is 19.8. The highest BCUT2D eigenvalue weighted by Crippen LogP contribution is 2.76.